The maximum atomic E-state index is 12.7. The van der Waals surface area contributed by atoms with Crippen LogP contribution in [0.1, 0.15) is 21.5 Å². The molecule has 0 radical (unpaired) electrons. The van der Waals surface area contributed by atoms with Gasteiger partial charge in [-0.25, -0.2) is 8.42 Å². The van der Waals surface area contributed by atoms with Crippen LogP contribution in [0.15, 0.2) is 124 Å². The largest absolute Gasteiger partial charge is 0.741 e. The molecular formula is C27H21F3O4S2. The third-order valence-corrected chi connectivity index (χ3v) is 7.70. The second kappa shape index (κ2) is 11.6. The van der Waals surface area contributed by atoms with Crippen LogP contribution in [-0.2, 0) is 21.0 Å². The highest BCUT2D eigenvalue weighted by Crippen LogP contribution is 2.31. The molecule has 0 aromatic heterocycles. The smallest absolute Gasteiger partial charge is 0.485 e. The van der Waals surface area contributed by atoms with Gasteiger partial charge in [-0.2, -0.15) is 13.2 Å². The van der Waals surface area contributed by atoms with Crippen molar-refractivity contribution in [3.63, 3.8) is 0 Å². The lowest BCUT2D eigenvalue weighted by Gasteiger charge is -2.09. The Kier molecular flexibility index (Phi) is 8.73. The zero-order valence-corrected chi connectivity index (χ0v) is 20.6. The Morgan fingerprint density at radius 2 is 1.03 bits per heavy atom. The van der Waals surface area contributed by atoms with Gasteiger partial charge in [-0.3, -0.25) is 4.79 Å². The second-order valence-electron chi connectivity index (χ2n) is 7.55. The minimum Gasteiger partial charge on any atom is -0.741 e. The number of carbonyl (C=O) groups is 1. The van der Waals surface area contributed by atoms with E-state index in [4.69, 9.17) is 13.0 Å². The van der Waals surface area contributed by atoms with Crippen molar-refractivity contribution in [2.45, 2.75) is 27.1 Å². The second-order valence-corrected chi connectivity index (χ2v) is 10.9. The normalized spacial score (nSPS) is 12.2. The van der Waals surface area contributed by atoms with Crippen LogP contribution in [0, 0.1) is 6.92 Å². The van der Waals surface area contributed by atoms with Gasteiger partial charge in [0.1, 0.15) is 0 Å². The lowest BCUT2D eigenvalue weighted by molar-refractivity contribution is -0.0517. The minimum absolute atomic E-state index is 0.0575. The van der Waals surface area contributed by atoms with E-state index >= 15 is 0 Å². The lowest BCUT2D eigenvalue weighted by Crippen LogP contribution is -2.21. The van der Waals surface area contributed by atoms with Crippen LogP contribution in [0.5, 0.6) is 0 Å². The van der Waals surface area contributed by atoms with Crippen molar-refractivity contribution in [1.29, 1.82) is 0 Å². The Morgan fingerprint density at radius 3 is 1.47 bits per heavy atom. The Morgan fingerprint density at radius 1 is 0.667 bits per heavy atom. The van der Waals surface area contributed by atoms with E-state index in [0.717, 1.165) is 11.1 Å². The summed E-state index contributed by atoms with van der Waals surface area (Å²) in [4.78, 5) is 16.5. The van der Waals surface area contributed by atoms with E-state index < -0.39 is 15.6 Å². The van der Waals surface area contributed by atoms with E-state index in [9.17, 15) is 18.0 Å². The third kappa shape index (κ3) is 7.07. The van der Waals surface area contributed by atoms with Crippen LogP contribution >= 0.6 is 0 Å². The summed E-state index contributed by atoms with van der Waals surface area (Å²) in [5, 5.41) is 0. The molecule has 4 nitrogen and oxygen atoms in total. The molecule has 0 spiro atoms. The zero-order valence-electron chi connectivity index (χ0n) is 19.0. The number of hydrogen-bond acceptors (Lipinski definition) is 4. The quantitative estimate of drug-likeness (QED) is 0.130. The first-order valence-corrected chi connectivity index (χ1v) is 13.2. The van der Waals surface area contributed by atoms with Gasteiger partial charge in [0.05, 0.1) is 10.9 Å². The van der Waals surface area contributed by atoms with Crippen LogP contribution in [0.2, 0.25) is 0 Å². The number of rotatable bonds is 5. The molecule has 0 aliphatic rings. The third-order valence-electron chi connectivity index (χ3n) is 4.91. The van der Waals surface area contributed by atoms with Gasteiger partial charge in [-0.1, -0.05) is 66.2 Å². The van der Waals surface area contributed by atoms with Crippen LogP contribution in [0.3, 0.4) is 0 Å². The maximum Gasteiger partial charge on any atom is 0.485 e. The van der Waals surface area contributed by atoms with E-state index in [1.165, 1.54) is 20.2 Å². The summed E-state index contributed by atoms with van der Waals surface area (Å²) in [6.45, 7) is 2.11. The summed E-state index contributed by atoms with van der Waals surface area (Å²) in [6.07, 6.45) is 0. The summed E-state index contributed by atoms with van der Waals surface area (Å²) in [6, 6.07) is 36.8. The average molecular weight is 531 g/mol. The van der Waals surface area contributed by atoms with Crippen molar-refractivity contribution >= 4 is 26.8 Å². The monoisotopic (exact) mass is 530 g/mol. The number of carbonyl (C=O) groups excluding carboxylic acids is 1. The molecule has 0 saturated heterocycles. The predicted molar refractivity (Wildman–Crippen MR) is 132 cm³/mol. The number of hydrogen-bond donors (Lipinski definition) is 0. The summed E-state index contributed by atoms with van der Waals surface area (Å²) < 4.78 is 58.9. The minimum atomic E-state index is -6.09. The summed E-state index contributed by atoms with van der Waals surface area (Å²) in [7, 11) is -6.29. The Labute approximate surface area is 210 Å². The molecule has 0 aliphatic heterocycles. The zero-order chi connectivity index (χ0) is 26.3. The van der Waals surface area contributed by atoms with Crippen molar-refractivity contribution in [3.05, 3.63) is 126 Å². The first-order valence-electron chi connectivity index (χ1n) is 10.6. The van der Waals surface area contributed by atoms with Gasteiger partial charge in [-0.15, -0.1) is 0 Å². The Bertz CT molecular complexity index is 1390. The molecule has 186 valence electrons. The molecule has 9 heteroatoms. The van der Waals surface area contributed by atoms with E-state index in [1.807, 2.05) is 48.5 Å². The topological polar surface area (TPSA) is 74.3 Å². The predicted octanol–water partition coefficient (Wildman–Crippen LogP) is 6.37. The highest BCUT2D eigenvalue weighted by atomic mass is 32.2. The van der Waals surface area contributed by atoms with E-state index in [0.29, 0.717) is 0 Å². The van der Waals surface area contributed by atoms with E-state index in [-0.39, 0.29) is 16.7 Å². The van der Waals surface area contributed by atoms with Crippen LogP contribution in [0.4, 0.5) is 13.2 Å². The first kappa shape index (κ1) is 27.2. The van der Waals surface area contributed by atoms with Crippen LogP contribution in [-0.4, -0.2) is 24.3 Å². The van der Waals surface area contributed by atoms with Crippen LogP contribution in [0.25, 0.3) is 0 Å². The molecule has 1 atom stereocenters. The molecule has 0 N–H and O–H groups in total. The van der Waals surface area contributed by atoms with Gasteiger partial charge in [0, 0.05) is 11.1 Å². The molecule has 4 rings (SSSR count). The summed E-state index contributed by atoms with van der Waals surface area (Å²) in [5.74, 6) is 0.0575. The highest BCUT2D eigenvalue weighted by Gasteiger charge is 2.37. The molecule has 0 saturated carbocycles. The summed E-state index contributed by atoms with van der Waals surface area (Å²) >= 11 is 0. The van der Waals surface area contributed by atoms with Crippen molar-refractivity contribution in [1.82, 2.24) is 0 Å². The average Bonchev–Trinajstić information content (AvgIpc) is 2.86. The van der Waals surface area contributed by atoms with Crippen LogP contribution < -0.4 is 0 Å². The highest BCUT2D eigenvalue weighted by molar-refractivity contribution is 7.97. The fourth-order valence-corrected chi connectivity index (χ4v) is 5.20. The molecule has 0 fully saturated rings. The standard InChI is InChI=1S/C26H21OS.CHF3O3S/c1-20-12-16-24(17-13-20)28(23-10-6-3-7-11-23)25-18-14-22(15-19-25)26(27)21-8-4-2-5-9-21;2-1(3,4)8(5,6)7/h2-19H,1H3;(H,5,6,7)/q+1;/p-1. The van der Waals surface area contributed by atoms with Gasteiger partial charge >= 0.3 is 5.51 Å². The number of benzene rings is 4. The molecule has 0 bridgehead atoms. The maximum absolute atomic E-state index is 12.7. The molecule has 0 aliphatic carbocycles. The van der Waals surface area contributed by atoms with E-state index in [1.54, 1.807) is 0 Å². The fraction of sp³-hybridized carbons (Fsp3) is 0.0741. The van der Waals surface area contributed by atoms with Gasteiger partial charge in [-0.05, 0) is 55.5 Å². The number of halogens is 3. The molecule has 36 heavy (non-hydrogen) atoms. The van der Waals surface area contributed by atoms with Crippen molar-refractivity contribution in [3.8, 4) is 0 Å². The fourth-order valence-electron chi connectivity index (χ4n) is 3.14. The Balaban J connectivity index is 0.000000392. The molecule has 4 aromatic rings. The molecule has 0 amide bonds. The van der Waals surface area contributed by atoms with Crippen molar-refractivity contribution in [2.24, 2.45) is 0 Å². The molecule has 4 aromatic carbocycles. The van der Waals surface area contributed by atoms with Crippen molar-refractivity contribution in [2.75, 3.05) is 0 Å². The van der Waals surface area contributed by atoms with E-state index in [2.05, 4.69) is 67.6 Å². The number of aryl methyl sites for hydroxylation is 1. The molecule has 1 unspecified atom stereocenters. The van der Waals surface area contributed by atoms with Gasteiger partial charge < -0.3 is 4.55 Å². The Hall–Kier alpha value is -3.40. The molecular weight excluding hydrogens is 509 g/mol. The number of ketones is 1. The van der Waals surface area contributed by atoms with Gasteiger partial charge in [0.25, 0.3) is 0 Å². The molecule has 0 heterocycles. The number of alkyl halides is 3. The first-order chi connectivity index (χ1) is 17.0. The lowest BCUT2D eigenvalue weighted by atomic mass is 10.0. The summed E-state index contributed by atoms with van der Waals surface area (Å²) in [5.41, 5.74) is -2.96. The van der Waals surface area contributed by atoms with Crippen molar-refractivity contribution < 1.29 is 30.9 Å². The SMILES string of the molecule is Cc1ccc([S+](c2ccccc2)c2ccc(C(=O)c3ccccc3)cc2)cc1.O=S(=O)([O-])C(F)(F)F. The van der Waals surface area contributed by atoms with Gasteiger partial charge in [0.15, 0.2) is 30.6 Å². The van der Waals surface area contributed by atoms with Gasteiger partial charge in [0.2, 0.25) is 0 Å².